The zero-order valence-corrected chi connectivity index (χ0v) is 12.5. The molecule has 1 aromatic rings. The van der Waals surface area contributed by atoms with Crippen molar-refractivity contribution in [2.24, 2.45) is 5.41 Å². The summed E-state index contributed by atoms with van der Waals surface area (Å²) in [5, 5.41) is 10.5. The van der Waals surface area contributed by atoms with Gasteiger partial charge in [-0.15, -0.1) is 6.58 Å². The van der Waals surface area contributed by atoms with Crippen LogP contribution in [-0.2, 0) is 11.3 Å². The fourth-order valence-electron chi connectivity index (χ4n) is 2.83. The number of benzene rings is 1. The lowest BCUT2D eigenvalue weighted by Gasteiger charge is -2.45. The van der Waals surface area contributed by atoms with Crippen LogP contribution in [-0.4, -0.2) is 41.8 Å². The van der Waals surface area contributed by atoms with Crippen LogP contribution >= 0.6 is 0 Å². The summed E-state index contributed by atoms with van der Waals surface area (Å²) in [5.41, 5.74) is 0.973. The van der Waals surface area contributed by atoms with Gasteiger partial charge in [-0.1, -0.05) is 50.3 Å². The van der Waals surface area contributed by atoms with E-state index >= 15 is 0 Å². The van der Waals surface area contributed by atoms with Gasteiger partial charge in [-0.05, 0) is 5.56 Å². The second-order valence-electron chi connectivity index (χ2n) is 6.25. The van der Waals surface area contributed by atoms with Gasteiger partial charge in [-0.25, -0.2) is 0 Å². The van der Waals surface area contributed by atoms with Crippen molar-refractivity contribution in [2.45, 2.75) is 32.7 Å². The van der Waals surface area contributed by atoms with Gasteiger partial charge >= 0.3 is 0 Å². The molecule has 1 N–H and O–H groups in total. The van der Waals surface area contributed by atoms with Crippen LogP contribution in [0.4, 0.5) is 0 Å². The number of aliphatic hydroxyl groups excluding tert-OH is 1. The maximum absolute atomic E-state index is 10.5. The first-order valence-corrected chi connectivity index (χ1v) is 7.20. The maximum atomic E-state index is 10.5. The zero-order chi connectivity index (χ0) is 14.6. The molecule has 3 nitrogen and oxygen atoms in total. The van der Waals surface area contributed by atoms with Gasteiger partial charge in [0.2, 0.25) is 0 Å². The predicted molar refractivity (Wildman–Crippen MR) is 81.4 cm³/mol. The van der Waals surface area contributed by atoms with Crippen LogP contribution in [0.25, 0.3) is 0 Å². The van der Waals surface area contributed by atoms with Crippen LogP contribution in [0.3, 0.4) is 0 Å². The molecule has 0 aliphatic carbocycles. The molecule has 1 aromatic carbocycles. The second-order valence-corrected chi connectivity index (χ2v) is 6.25. The number of likely N-dealkylation sites (tertiary alicyclic amines) is 1. The van der Waals surface area contributed by atoms with Gasteiger partial charge in [-0.2, -0.15) is 0 Å². The lowest BCUT2D eigenvalue weighted by molar-refractivity contribution is -0.138. The molecule has 1 aliphatic heterocycles. The van der Waals surface area contributed by atoms with Gasteiger partial charge in [0.05, 0.1) is 18.8 Å². The minimum absolute atomic E-state index is 0.154. The van der Waals surface area contributed by atoms with E-state index < -0.39 is 6.10 Å². The topological polar surface area (TPSA) is 32.7 Å². The summed E-state index contributed by atoms with van der Waals surface area (Å²) in [6.45, 7) is 11.0. The summed E-state index contributed by atoms with van der Waals surface area (Å²) in [6, 6.07) is 10.1. The lowest BCUT2D eigenvalue weighted by atomic mass is 9.79. The van der Waals surface area contributed by atoms with E-state index in [0.717, 1.165) is 25.2 Å². The zero-order valence-electron chi connectivity index (χ0n) is 12.5. The van der Waals surface area contributed by atoms with Crippen molar-refractivity contribution < 1.29 is 9.84 Å². The van der Waals surface area contributed by atoms with Crippen LogP contribution in [0.5, 0.6) is 0 Å². The van der Waals surface area contributed by atoms with Crippen molar-refractivity contribution in [1.29, 1.82) is 0 Å². The Labute approximate surface area is 121 Å². The molecule has 0 amide bonds. The first-order valence-electron chi connectivity index (χ1n) is 7.20. The van der Waals surface area contributed by atoms with E-state index in [1.54, 1.807) is 0 Å². The molecule has 1 saturated heterocycles. The predicted octanol–water partition coefficient (Wildman–Crippen LogP) is 2.46. The van der Waals surface area contributed by atoms with Crippen molar-refractivity contribution >= 4 is 0 Å². The summed E-state index contributed by atoms with van der Waals surface area (Å²) in [4.78, 5) is 2.29. The van der Waals surface area contributed by atoms with Gasteiger partial charge in [0, 0.05) is 25.0 Å². The van der Waals surface area contributed by atoms with E-state index in [9.17, 15) is 5.11 Å². The monoisotopic (exact) mass is 275 g/mol. The molecule has 0 unspecified atom stereocenters. The molecule has 0 bridgehead atoms. The van der Waals surface area contributed by atoms with Crippen LogP contribution in [0, 0.1) is 5.41 Å². The Morgan fingerprint density at radius 1 is 1.40 bits per heavy atom. The second kappa shape index (κ2) is 6.53. The molecule has 1 heterocycles. The summed E-state index contributed by atoms with van der Waals surface area (Å²) < 4.78 is 5.97. The smallest absolute Gasteiger partial charge is 0.0970 e. The fourth-order valence-corrected chi connectivity index (χ4v) is 2.83. The molecule has 0 radical (unpaired) electrons. The Morgan fingerprint density at radius 3 is 2.75 bits per heavy atom. The molecule has 1 aliphatic rings. The largest absolute Gasteiger partial charge is 0.390 e. The fraction of sp³-hybridized carbons (Fsp3) is 0.529. The number of rotatable bonds is 5. The van der Waals surface area contributed by atoms with Crippen molar-refractivity contribution in [3.8, 4) is 0 Å². The van der Waals surface area contributed by atoms with E-state index in [1.807, 2.05) is 36.4 Å². The van der Waals surface area contributed by atoms with Gasteiger partial charge in [0.25, 0.3) is 0 Å². The molecular weight excluding hydrogens is 250 g/mol. The Hall–Kier alpha value is -1.16. The quantitative estimate of drug-likeness (QED) is 0.838. The van der Waals surface area contributed by atoms with Crippen LogP contribution in [0.15, 0.2) is 43.0 Å². The average molecular weight is 275 g/mol. The normalized spacial score (nSPS) is 26.4. The van der Waals surface area contributed by atoms with E-state index in [4.69, 9.17) is 4.74 Å². The lowest BCUT2D eigenvalue weighted by Crippen LogP contribution is -2.57. The molecule has 3 heteroatoms. The number of nitrogens with zero attached hydrogens (tertiary/aromatic N) is 1. The Balaban J connectivity index is 1.99. The highest BCUT2D eigenvalue weighted by Crippen LogP contribution is 2.31. The van der Waals surface area contributed by atoms with Crippen molar-refractivity contribution in [1.82, 2.24) is 4.90 Å². The first-order chi connectivity index (χ1) is 9.53. The number of aliphatic hydroxyl groups is 1. The van der Waals surface area contributed by atoms with Gasteiger partial charge in [-0.3, -0.25) is 4.90 Å². The SMILES string of the molecule is C=CCN1C[C@@H](OCc2ccccc2)[C@@H](O)C(C)(C)C1. The molecule has 1 fully saturated rings. The molecular formula is C17H25NO2. The average Bonchev–Trinajstić information content (AvgIpc) is 2.42. The summed E-state index contributed by atoms with van der Waals surface area (Å²) in [7, 11) is 0. The van der Waals surface area contributed by atoms with Crippen molar-refractivity contribution in [2.75, 3.05) is 19.6 Å². The molecule has 110 valence electrons. The molecule has 0 saturated carbocycles. The molecule has 20 heavy (non-hydrogen) atoms. The number of hydrogen-bond acceptors (Lipinski definition) is 3. The van der Waals surface area contributed by atoms with Crippen LogP contribution in [0.2, 0.25) is 0 Å². The van der Waals surface area contributed by atoms with E-state index in [-0.39, 0.29) is 11.5 Å². The maximum Gasteiger partial charge on any atom is 0.0970 e. The minimum Gasteiger partial charge on any atom is -0.390 e. The Bertz CT molecular complexity index is 430. The van der Waals surface area contributed by atoms with Gasteiger partial charge in [0.1, 0.15) is 0 Å². The Kier molecular flexibility index (Phi) is 4.97. The minimum atomic E-state index is -0.438. The number of piperidine rings is 1. The van der Waals surface area contributed by atoms with Crippen molar-refractivity contribution in [3.05, 3.63) is 48.6 Å². The van der Waals surface area contributed by atoms with E-state index in [2.05, 4.69) is 25.3 Å². The summed E-state index contributed by atoms with van der Waals surface area (Å²) in [5.74, 6) is 0. The number of ether oxygens (including phenoxy) is 1. The van der Waals surface area contributed by atoms with E-state index in [0.29, 0.717) is 6.61 Å². The molecule has 2 atom stereocenters. The molecule has 0 spiro atoms. The molecule has 2 rings (SSSR count). The molecule has 0 aromatic heterocycles. The Morgan fingerprint density at radius 2 is 2.10 bits per heavy atom. The third kappa shape index (κ3) is 3.69. The summed E-state index contributed by atoms with van der Waals surface area (Å²) in [6.07, 6.45) is 1.31. The van der Waals surface area contributed by atoms with Gasteiger partial charge < -0.3 is 9.84 Å². The highest BCUT2D eigenvalue weighted by molar-refractivity contribution is 5.13. The van der Waals surface area contributed by atoms with E-state index in [1.165, 1.54) is 0 Å². The van der Waals surface area contributed by atoms with Crippen LogP contribution in [0.1, 0.15) is 19.4 Å². The summed E-state index contributed by atoms with van der Waals surface area (Å²) >= 11 is 0. The third-order valence-corrected chi connectivity index (χ3v) is 3.92. The highest BCUT2D eigenvalue weighted by atomic mass is 16.5. The van der Waals surface area contributed by atoms with Crippen LogP contribution < -0.4 is 0 Å². The highest BCUT2D eigenvalue weighted by Gasteiger charge is 2.41. The van der Waals surface area contributed by atoms with Gasteiger partial charge in [0.15, 0.2) is 0 Å². The standard InChI is InChI=1S/C17H25NO2/c1-4-10-18-11-15(16(19)17(2,3)13-18)20-12-14-8-6-5-7-9-14/h4-9,15-16,19H,1,10-13H2,2-3H3/t15-,16-/m1/s1. The third-order valence-electron chi connectivity index (χ3n) is 3.92. The van der Waals surface area contributed by atoms with Crippen molar-refractivity contribution in [3.63, 3.8) is 0 Å². The first kappa shape index (κ1) is 15.2. The number of hydrogen-bond donors (Lipinski definition) is 1.